The van der Waals surface area contributed by atoms with Crippen molar-refractivity contribution in [2.45, 2.75) is 64.3 Å². The number of amides is 2. The summed E-state index contributed by atoms with van der Waals surface area (Å²) in [4.78, 5) is 37.3. The third-order valence-electron chi connectivity index (χ3n) is 7.44. The van der Waals surface area contributed by atoms with E-state index in [4.69, 9.17) is 10.5 Å². The summed E-state index contributed by atoms with van der Waals surface area (Å²) in [5.74, 6) is 0.656. The van der Waals surface area contributed by atoms with Crippen LogP contribution in [-0.2, 0) is 9.59 Å². The lowest BCUT2D eigenvalue weighted by Crippen LogP contribution is -2.52. The molecule has 1 saturated carbocycles. The zero-order chi connectivity index (χ0) is 24.9. The number of hydrogen-bond donors (Lipinski definition) is 2. The average molecular weight is 476 g/mol. The summed E-state index contributed by atoms with van der Waals surface area (Å²) < 4.78 is 5.95. The van der Waals surface area contributed by atoms with Crippen LogP contribution in [0.2, 0.25) is 0 Å². The second kappa shape index (κ2) is 8.66. The monoisotopic (exact) mass is 475 g/mol. The van der Waals surface area contributed by atoms with Crippen LogP contribution in [-0.4, -0.2) is 39.3 Å². The normalized spacial score (nSPS) is 29.9. The highest BCUT2D eigenvalue weighted by atomic mass is 16.5. The van der Waals surface area contributed by atoms with Gasteiger partial charge < -0.3 is 15.8 Å². The number of carbonyl (C=O) groups excluding carboxylic acids is 2. The minimum absolute atomic E-state index is 0.00871. The van der Waals surface area contributed by atoms with Gasteiger partial charge in [-0.1, -0.05) is 31.2 Å². The standard InChI is InChI=1S/C27H33N5O3/c1-15-12-19(18-9-5-6-10-20(18)35-15)30-25(34)23-16(2)22(23)24(17-8-7-11-29-14-17)32-21(33)13-27(3,4)31-26(32)28/h5-11,14-16,19,22-24H,12-13H2,1-4H3,(H2,28,31)(H,30,34)/t15-,16?,19-,22+,23+,24?/m0/s1. The minimum atomic E-state index is -0.545. The van der Waals surface area contributed by atoms with Gasteiger partial charge in [0.25, 0.3) is 0 Å². The Labute approximate surface area is 206 Å². The van der Waals surface area contributed by atoms with Crippen molar-refractivity contribution < 1.29 is 14.3 Å². The molecule has 2 aliphatic heterocycles. The SMILES string of the molecule is CC1[C@@H](C(c2cccnc2)N2C(=O)CC(C)(C)N=C2N)[C@@H]1C(=O)N[C@H]1C[C@H](C)Oc2ccccc21. The van der Waals surface area contributed by atoms with Crippen molar-refractivity contribution in [1.82, 2.24) is 15.2 Å². The smallest absolute Gasteiger partial charge is 0.232 e. The molecule has 35 heavy (non-hydrogen) atoms. The van der Waals surface area contributed by atoms with Crippen LogP contribution in [0.3, 0.4) is 0 Å². The Balaban J connectivity index is 1.42. The number of hydrogen-bond acceptors (Lipinski definition) is 6. The second-order valence-electron chi connectivity index (χ2n) is 10.7. The molecule has 1 aromatic heterocycles. The first-order valence-electron chi connectivity index (χ1n) is 12.3. The highest BCUT2D eigenvalue weighted by Crippen LogP contribution is 2.56. The number of rotatable bonds is 5. The third kappa shape index (κ3) is 4.37. The molecule has 2 amide bonds. The summed E-state index contributed by atoms with van der Waals surface area (Å²) >= 11 is 0. The van der Waals surface area contributed by atoms with Gasteiger partial charge in [-0.3, -0.25) is 19.5 Å². The van der Waals surface area contributed by atoms with Crippen molar-refractivity contribution >= 4 is 17.8 Å². The molecule has 6 atom stereocenters. The lowest BCUT2D eigenvalue weighted by Gasteiger charge is -2.38. The number of ether oxygens (including phenoxy) is 1. The Morgan fingerprint density at radius 2 is 2.00 bits per heavy atom. The second-order valence-corrected chi connectivity index (χ2v) is 10.7. The van der Waals surface area contributed by atoms with Crippen molar-refractivity contribution in [2.24, 2.45) is 28.5 Å². The number of para-hydroxylation sites is 1. The average Bonchev–Trinajstić information content (AvgIpc) is 3.46. The molecule has 3 heterocycles. The van der Waals surface area contributed by atoms with Gasteiger partial charge in [0, 0.05) is 30.3 Å². The molecule has 8 nitrogen and oxygen atoms in total. The van der Waals surface area contributed by atoms with Crippen LogP contribution in [0.25, 0.3) is 0 Å². The number of guanidine groups is 1. The summed E-state index contributed by atoms with van der Waals surface area (Å²) in [7, 11) is 0. The van der Waals surface area contributed by atoms with Crippen LogP contribution >= 0.6 is 0 Å². The van der Waals surface area contributed by atoms with E-state index in [-0.39, 0.29) is 54.1 Å². The van der Waals surface area contributed by atoms with E-state index in [9.17, 15) is 9.59 Å². The molecular weight excluding hydrogens is 442 g/mol. The zero-order valence-electron chi connectivity index (χ0n) is 20.6. The number of nitrogens with zero attached hydrogens (tertiary/aromatic N) is 3. The summed E-state index contributed by atoms with van der Waals surface area (Å²) in [6.45, 7) is 7.87. The molecule has 3 N–H and O–H groups in total. The van der Waals surface area contributed by atoms with Crippen molar-refractivity contribution in [2.75, 3.05) is 0 Å². The molecule has 184 valence electrons. The maximum absolute atomic E-state index is 13.6. The van der Waals surface area contributed by atoms with Gasteiger partial charge in [-0.2, -0.15) is 0 Å². The molecule has 2 unspecified atom stereocenters. The van der Waals surface area contributed by atoms with E-state index < -0.39 is 11.6 Å². The Morgan fingerprint density at radius 1 is 1.23 bits per heavy atom. The summed E-state index contributed by atoms with van der Waals surface area (Å²) in [5, 5.41) is 3.27. The fourth-order valence-corrected chi connectivity index (χ4v) is 5.77. The molecular formula is C27H33N5O3. The third-order valence-corrected chi connectivity index (χ3v) is 7.44. The number of aliphatic imine (C=N–C) groups is 1. The summed E-state index contributed by atoms with van der Waals surface area (Å²) in [5.41, 5.74) is 7.66. The molecule has 3 aliphatic rings. The zero-order valence-corrected chi connectivity index (χ0v) is 20.6. The fourth-order valence-electron chi connectivity index (χ4n) is 5.77. The van der Waals surface area contributed by atoms with Crippen LogP contribution in [0.15, 0.2) is 53.8 Å². The van der Waals surface area contributed by atoms with Crippen molar-refractivity contribution in [3.63, 3.8) is 0 Å². The van der Waals surface area contributed by atoms with Gasteiger partial charge in [0.2, 0.25) is 11.8 Å². The van der Waals surface area contributed by atoms with E-state index in [1.54, 1.807) is 17.3 Å². The van der Waals surface area contributed by atoms with Crippen molar-refractivity contribution in [3.05, 3.63) is 59.9 Å². The molecule has 0 radical (unpaired) electrons. The van der Waals surface area contributed by atoms with Gasteiger partial charge in [0.1, 0.15) is 5.75 Å². The number of pyridine rings is 1. The number of aromatic nitrogens is 1. The molecule has 8 heteroatoms. The van der Waals surface area contributed by atoms with Gasteiger partial charge in [-0.25, -0.2) is 4.99 Å². The Hall–Kier alpha value is -3.42. The number of nitrogens with two attached hydrogens (primary N) is 1. The van der Waals surface area contributed by atoms with E-state index in [1.165, 1.54) is 0 Å². The van der Waals surface area contributed by atoms with E-state index in [0.29, 0.717) is 6.42 Å². The van der Waals surface area contributed by atoms with Crippen molar-refractivity contribution in [1.29, 1.82) is 0 Å². The van der Waals surface area contributed by atoms with Crippen molar-refractivity contribution in [3.8, 4) is 5.75 Å². The number of nitrogens with one attached hydrogen (secondary N) is 1. The maximum atomic E-state index is 13.6. The van der Waals surface area contributed by atoms with E-state index in [0.717, 1.165) is 16.9 Å². The largest absolute Gasteiger partial charge is 0.490 e. The van der Waals surface area contributed by atoms with Gasteiger partial charge >= 0.3 is 0 Å². The highest BCUT2D eigenvalue weighted by molar-refractivity contribution is 5.99. The first-order chi connectivity index (χ1) is 16.7. The van der Waals surface area contributed by atoms with Crippen LogP contribution in [0.1, 0.15) is 63.7 Å². The lowest BCUT2D eigenvalue weighted by atomic mass is 9.94. The maximum Gasteiger partial charge on any atom is 0.232 e. The topological polar surface area (TPSA) is 110 Å². The van der Waals surface area contributed by atoms with Gasteiger partial charge in [-0.05, 0) is 50.3 Å². The quantitative estimate of drug-likeness (QED) is 0.689. The van der Waals surface area contributed by atoms with Gasteiger partial charge in [0.05, 0.1) is 30.1 Å². The fraction of sp³-hybridized carbons (Fsp3) is 0.481. The predicted molar refractivity (Wildman–Crippen MR) is 132 cm³/mol. The molecule has 0 saturated heterocycles. The molecule has 1 fully saturated rings. The van der Waals surface area contributed by atoms with E-state index in [2.05, 4.69) is 22.2 Å². The van der Waals surface area contributed by atoms with Crippen LogP contribution in [0, 0.1) is 17.8 Å². The minimum Gasteiger partial charge on any atom is -0.490 e. The first-order valence-corrected chi connectivity index (χ1v) is 12.3. The molecule has 0 spiro atoms. The summed E-state index contributed by atoms with van der Waals surface area (Å²) in [6.07, 6.45) is 4.43. The first kappa shape index (κ1) is 23.3. The van der Waals surface area contributed by atoms with Gasteiger partial charge in [0.15, 0.2) is 5.96 Å². The predicted octanol–water partition coefficient (Wildman–Crippen LogP) is 3.36. The van der Waals surface area contributed by atoms with E-state index in [1.807, 2.05) is 57.2 Å². The van der Waals surface area contributed by atoms with Gasteiger partial charge in [-0.15, -0.1) is 0 Å². The van der Waals surface area contributed by atoms with Crippen LogP contribution in [0.5, 0.6) is 5.75 Å². The molecule has 1 aliphatic carbocycles. The number of fused-ring (bicyclic) bond motifs is 1. The molecule has 1 aromatic carbocycles. The Morgan fingerprint density at radius 3 is 2.71 bits per heavy atom. The molecule has 5 rings (SSSR count). The lowest BCUT2D eigenvalue weighted by molar-refractivity contribution is -0.132. The Kier molecular flexibility index (Phi) is 5.77. The summed E-state index contributed by atoms with van der Waals surface area (Å²) in [6, 6.07) is 11.1. The molecule has 2 aromatic rings. The van der Waals surface area contributed by atoms with Crippen LogP contribution < -0.4 is 15.8 Å². The molecule has 0 bridgehead atoms. The highest BCUT2D eigenvalue weighted by Gasteiger charge is 2.59. The van der Waals surface area contributed by atoms with E-state index >= 15 is 0 Å². The Bertz CT molecular complexity index is 1160. The number of benzene rings is 1. The number of carbonyl (C=O) groups is 2. The van der Waals surface area contributed by atoms with Crippen LogP contribution in [0.4, 0.5) is 0 Å².